The first-order chi connectivity index (χ1) is 9.13. The zero-order chi connectivity index (χ0) is 13.8. The largest absolute Gasteiger partial charge is 0.411 e. The molecule has 0 bridgehead atoms. The lowest BCUT2D eigenvalue weighted by Gasteiger charge is -2.32. The van der Waals surface area contributed by atoms with E-state index in [4.69, 9.17) is 16.8 Å². The van der Waals surface area contributed by atoms with Crippen LogP contribution >= 0.6 is 11.6 Å². The SMILES string of the molecule is CCC1CN(Cc2ccc(Cl)cc2F)CC/C1=N\O. The second-order valence-electron chi connectivity index (χ2n) is 4.92. The quantitative estimate of drug-likeness (QED) is 0.681. The zero-order valence-corrected chi connectivity index (χ0v) is 11.7. The Morgan fingerprint density at radius 2 is 2.32 bits per heavy atom. The van der Waals surface area contributed by atoms with Crippen molar-refractivity contribution in [3.05, 3.63) is 34.6 Å². The van der Waals surface area contributed by atoms with Gasteiger partial charge >= 0.3 is 0 Å². The molecule has 1 aromatic rings. The molecule has 2 rings (SSSR count). The third-order valence-corrected chi connectivity index (χ3v) is 3.90. The molecule has 3 nitrogen and oxygen atoms in total. The summed E-state index contributed by atoms with van der Waals surface area (Å²) in [7, 11) is 0. The minimum atomic E-state index is -0.262. The van der Waals surface area contributed by atoms with E-state index in [1.54, 1.807) is 12.1 Å². The molecule has 0 aromatic heterocycles. The van der Waals surface area contributed by atoms with Gasteiger partial charge in [-0.1, -0.05) is 29.7 Å². The molecule has 1 heterocycles. The van der Waals surface area contributed by atoms with Crippen molar-refractivity contribution in [2.75, 3.05) is 13.1 Å². The summed E-state index contributed by atoms with van der Waals surface area (Å²) in [5, 5.41) is 12.7. The van der Waals surface area contributed by atoms with Crippen LogP contribution in [0.5, 0.6) is 0 Å². The van der Waals surface area contributed by atoms with Gasteiger partial charge in [0.1, 0.15) is 5.82 Å². The van der Waals surface area contributed by atoms with Crippen molar-refractivity contribution in [1.29, 1.82) is 0 Å². The molecule has 1 unspecified atom stereocenters. The minimum Gasteiger partial charge on any atom is -0.411 e. The third kappa shape index (κ3) is 3.45. The summed E-state index contributed by atoms with van der Waals surface area (Å²) in [5.74, 6) is -0.00344. The van der Waals surface area contributed by atoms with Gasteiger partial charge in [0.25, 0.3) is 0 Å². The van der Waals surface area contributed by atoms with Gasteiger partial charge in [-0.25, -0.2) is 4.39 Å². The number of piperidine rings is 1. The molecule has 1 aliphatic rings. The van der Waals surface area contributed by atoms with Crippen LogP contribution in [0, 0.1) is 11.7 Å². The van der Waals surface area contributed by atoms with Crippen LogP contribution in [-0.2, 0) is 6.54 Å². The van der Waals surface area contributed by atoms with Gasteiger partial charge in [0.2, 0.25) is 0 Å². The Morgan fingerprint density at radius 3 is 2.95 bits per heavy atom. The van der Waals surface area contributed by atoms with Gasteiger partial charge in [0.05, 0.1) is 5.71 Å². The van der Waals surface area contributed by atoms with Gasteiger partial charge in [-0.2, -0.15) is 0 Å². The van der Waals surface area contributed by atoms with Gasteiger partial charge in [0, 0.05) is 42.6 Å². The fourth-order valence-electron chi connectivity index (χ4n) is 2.52. The average molecular weight is 285 g/mol. The molecule has 0 amide bonds. The van der Waals surface area contributed by atoms with Gasteiger partial charge < -0.3 is 5.21 Å². The molecule has 1 fully saturated rings. The Kier molecular flexibility index (Phi) is 4.77. The van der Waals surface area contributed by atoms with E-state index in [0.29, 0.717) is 17.1 Å². The van der Waals surface area contributed by atoms with Crippen LogP contribution in [-0.4, -0.2) is 28.9 Å². The summed E-state index contributed by atoms with van der Waals surface area (Å²) >= 11 is 5.75. The number of hydrogen-bond donors (Lipinski definition) is 1. The Balaban J connectivity index is 2.04. The second kappa shape index (κ2) is 6.35. The van der Waals surface area contributed by atoms with E-state index in [2.05, 4.69) is 17.0 Å². The van der Waals surface area contributed by atoms with E-state index in [-0.39, 0.29) is 11.7 Å². The van der Waals surface area contributed by atoms with Crippen molar-refractivity contribution in [1.82, 2.24) is 4.90 Å². The number of oxime groups is 1. The monoisotopic (exact) mass is 284 g/mol. The number of hydrogen-bond acceptors (Lipinski definition) is 3. The molecular formula is C14H18ClFN2O. The standard InChI is InChI=1S/C14H18ClFN2O/c1-2-10-8-18(6-5-14(10)17-19)9-11-3-4-12(15)7-13(11)16/h3-4,7,10,19H,2,5-6,8-9H2,1H3/b17-14+. The van der Waals surface area contributed by atoms with E-state index < -0.39 is 0 Å². The van der Waals surface area contributed by atoms with Gasteiger partial charge in [0.15, 0.2) is 0 Å². The summed E-state index contributed by atoms with van der Waals surface area (Å²) in [6.45, 7) is 4.23. The topological polar surface area (TPSA) is 35.8 Å². The fourth-order valence-corrected chi connectivity index (χ4v) is 2.67. The molecule has 5 heteroatoms. The van der Waals surface area contributed by atoms with Crippen LogP contribution in [0.3, 0.4) is 0 Å². The number of benzene rings is 1. The first kappa shape index (κ1) is 14.3. The van der Waals surface area contributed by atoms with Crippen molar-refractivity contribution in [2.45, 2.75) is 26.3 Å². The van der Waals surface area contributed by atoms with Crippen LogP contribution in [0.25, 0.3) is 0 Å². The number of nitrogens with zero attached hydrogens (tertiary/aromatic N) is 2. The zero-order valence-electron chi connectivity index (χ0n) is 10.9. The summed E-state index contributed by atoms with van der Waals surface area (Å²) in [4.78, 5) is 2.19. The van der Waals surface area contributed by atoms with E-state index in [0.717, 1.165) is 31.6 Å². The van der Waals surface area contributed by atoms with Gasteiger partial charge in [-0.05, 0) is 18.6 Å². The predicted molar refractivity (Wildman–Crippen MR) is 74.3 cm³/mol. The Hall–Kier alpha value is -1.13. The number of halogens is 2. The van der Waals surface area contributed by atoms with Crippen molar-refractivity contribution < 1.29 is 9.60 Å². The summed E-state index contributed by atoms with van der Waals surface area (Å²) < 4.78 is 13.8. The lowest BCUT2D eigenvalue weighted by molar-refractivity contribution is 0.218. The van der Waals surface area contributed by atoms with Crippen LogP contribution in [0.4, 0.5) is 4.39 Å². The first-order valence-electron chi connectivity index (χ1n) is 6.51. The number of rotatable bonds is 3. The maximum Gasteiger partial charge on any atom is 0.129 e. The van der Waals surface area contributed by atoms with Crippen LogP contribution < -0.4 is 0 Å². The smallest absolute Gasteiger partial charge is 0.129 e. The number of likely N-dealkylation sites (tertiary alicyclic amines) is 1. The molecule has 0 spiro atoms. The minimum absolute atomic E-state index is 0.258. The molecule has 1 aliphatic heterocycles. The van der Waals surface area contributed by atoms with Crippen molar-refractivity contribution in [3.8, 4) is 0 Å². The van der Waals surface area contributed by atoms with Crippen molar-refractivity contribution in [3.63, 3.8) is 0 Å². The molecule has 1 N–H and O–H groups in total. The first-order valence-corrected chi connectivity index (χ1v) is 6.89. The van der Waals surface area contributed by atoms with Crippen LogP contribution in [0.1, 0.15) is 25.3 Å². The average Bonchev–Trinajstić information content (AvgIpc) is 2.41. The molecule has 104 valence electrons. The summed E-state index contributed by atoms with van der Waals surface area (Å²) in [5.41, 5.74) is 1.51. The van der Waals surface area contributed by atoms with E-state index >= 15 is 0 Å². The normalized spacial score (nSPS) is 22.9. The molecular weight excluding hydrogens is 267 g/mol. The molecule has 1 aromatic carbocycles. The molecule has 0 saturated carbocycles. The summed E-state index contributed by atoms with van der Waals surface area (Å²) in [6, 6.07) is 4.79. The second-order valence-corrected chi connectivity index (χ2v) is 5.35. The Labute approximate surface area is 117 Å². The molecule has 1 saturated heterocycles. The maximum absolute atomic E-state index is 13.8. The molecule has 0 radical (unpaired) electrons. The highest BCUT2D eigenvalue weighted by molar-refractivity contribution is 6.30. The van der Waals surface area contributed by atoms with Gasteiger partial charge in [-0.3, -0.25) is 4.90 Å². The fraction of sp³-hybridized carbons (Fsp3) is 0.500. The van der Waals surface area contributed by atoms with Gasteiger partial charge in [-0.15, -0.1) is 0 Å². The lowest BCUT2D eigenvalue weighted by Crippen LogP contribution is -2.40. The molecule has 19 heavy (non-hydrogen) atoms. The van der Waals surface area contributed by atoms with E-state index in [9.17, 15) is 4.39 Å². The highest BCUT2D eigenvalue weighted by Crippen LogP contribution is 2.21. The molecule has 1 atom stereocenters. The highest BCUT2D eigenvalue weighted by atomic mass is 35.5. The van der Waals surface area contributed by atoms with Crippen molar-refractivity contribution in [2.24, 2.45) is 11.1 Å². The third-order valence-electron chi connectivity index (χ3n) is 3.66. The Morgan fingerprint density at radius 1 is 1.53 bits per heavy atom. The lowest BCUT2D eigenvalue weighted by atomic mass is 9.93. The van der Waals surface area contributed by atoms with E-state index in [1.165, 1.54) is 6.07 Å². The Bertz CT molecular complexity index is 479. The highest BCUT2D eigenvalue weighted by Gasteiger charge is 2.25. The van der Waals surface area contributed by atoms with Crippen LogP contribution in [0.2, 0.25) is 5.02 Å². The van der Waals surface area contributed by atoms with E-state index in [1.807, 2.05) is 0 Å². The molecule has 0 aliphatic carbocycles. The predicted octanol–water partition coefficient (Wildman–Crippen LogP) is 3.54. The summed E-state index contributed by atoms with van der Waals surface area (Å²) in [6.07, 6.45) is 1.67. The van der Waals surface area contributed by atoms with Crippen LogP contribution in [0.15, 0.2) is 23.4 Å². The van der Waals surface area contributed by atoms with Crippen molar-refractivity contribution >= 4 is 17.3 Å². The maximum atomic E-state index is 13.8.